The second kappa shape index (κ2) is 7.57. The highest BCUT2D eigenvalue weighted by atomic mass is 32.2. The number of carbonyl (C=O) groups excluding carboxylic acids is 1. The maximum Gasteiger partial charge on any atom is 0.237 e. The van der Waals surface area contributed by atoms with Crippen molar-refractivity contribution in [2.45, 2.75) is 50.7 Å². The average Bonchev–Trinajstić information content (AvgIpc) is 3.14. The predicted molar refractivity (Wildman–Crippen MR) is 117 cm³/mol. The van der Waals surface area contributed by atoms with E-state index in [-0.39, 0.29) is 5.91 Å². The number of aromatic nitrogens is 4. The zero-order valence-electron chi connectivity index (χ0n) is 16.6. The smallest absolute Gasteiger partial charge is 0.237 e. The molecule has 8 heteroatoms. The van der Waals surface area contributed by atoms with E-state index in [2.05, 4.69) is 50.3 Å². The second-order valence-corrected chi connectivity index (χ2v) is 9.54. The van der Waals surface area contributed by atoms with E-state index in [1.807, 2.05) is 11.8 Å². The van der Waals surface area contributed by atoms with E-state index in [0.29, 0.717) is 11.7 Å². The molecular formula is C21H23N5OS2. The normalized spacial score (nSPS) is 15.7. The largest absolute Gasteiger partial charge is 0.311 e. The maximum atomic E-state index is 12.9. The molecule has 3 heterocycles. The summed E-state index contributed by atoms with van der Waals surface area (Å²) in [6.07, 6.45) is 3.29. The molecule has 1 fully saturated rings. The van der Waals surface area contributed by atoms with Gasteiger partial charge in [0.2, 0.25) is 5.91 Å². The van der Waals surface area contributed by atoms with Gasteiger partial charge in [-0.25, -0.2) is 4.98 Å². The summed E-state index contributed by atoms with van der Waals surface area (Å²) in [6, 6.07) is 6.32. The van der Waals surface area contributed by atoms with Gasteiger partial charge in [-0.15, -0.1) is 21.5 Å². The lowest BCUT2D eigenvalue weighted by atomic mass is 10.1. The third-order valence-electron chi connectivity index (χ3n) is 5.52. The molecule has 1 aliphatic heterocycles. The quantitative estimate of drug-likeness (QED) is 0.551. The lowest BCUT2D eigenvalue weighted by Gasteiger charge is -2.17. The first-order valence-corrected chi connectivity index (χ1v) is 11.9. The van der Waals surface area contributed by atoms with E-state index >= 15 is 0 Å². The van der Waals surface area contributed by atoms with Crippen LogP contribution in [-0.2, 0) is 17.8 Å². The van der Waals surface area contributed by atoms with Crippen molar-refractivity contribution in [3.63, 3.8) is 0 Å². The summed E-state index contributed by atoms with van der Waals surface area (Å²) in [5.41, 5.74) is 4.39. The number of hydrogen-bond donors (Lipinski definition) is 0. The molecule has 0 saturated heterocycles. The summed E-state index contributed by atoms with van der Waals surface area (Å²) in [5.74, 6) is 2.16. The summed E-state index contributed by atoms with van der Waals surface area (Å²) in [4.78, 5) is 19.4. The van der Waals surface area contributed by atoms with Crippen LogP contribution in [0.15, 0.2) is 28.7 Å². The van der Waals surface area contributed by atoms with Crippen molar-refractivity contribution < 1.29 is 4.79 Å². The van der Waals surface area contributed by atoms with Crippen LogP contribution in [0.2, 0.25) is 0 Å². The SMILES string of the molecule is CCn1c(SCC(=O)N2CCc3cc(-c4csc(C)n4)ccc32)nnc1C1CC1. The van der Waals surface area contributed by atoms with E-state index in [1.54, 1.807) is 11.3 Å². The van der Waals surface area contributed by atoms with E-state index in [9.17, 15) is 4.79 Å². The van der Waals surface area contributed by atoms with Gasteiger partial charge in [0.05, 0.1) is 16.5 Å². The molecule has 2 aliphatic rings. The Morgan fingerprint density at radius 1 is 1.31 bits per heavy atom. The molecule has 0 spiro atoms. The molecule has 2 aromatic heterocycles. The molecule has 5 rings (SSSR count). The molecule has 3 aromatic rings. The van der Waals surface area contributed by atoms with E-state index in [4.69, 9.17) is 0 Å². The fourth-order valence-electron chi connectivity index (χ4n) is 3.87. The number of amides is 1. The zero-order chi connectivity index (χ0) is 20.0. The van der Waals surface area contributed by atoms with Crippen molar-refractivity contribution in [1.82, 2.24) is 19.7 Å². The van der Waals surface area contributed by atoms with E-state index in [1.165, 1.54) is 30.2 Å². The summed E-state index contributed by atoms with van der Waals surface area (Å²) in [6.45, 7) is 5.72. The van der Waals surface area contributed by atoms with Crippen LogP contribution >= 0.6 is 23.1 Å². The van der Waals surface area contributed by atoms with Crippen LogP contribution in [0.25, 0.3) is 11.3 Å². The number of aryl methyl sites for hydroxylation is 1. The highest BCUT2D eigenvalue weighted by Crippen LogP contribution is 2.40. The predicted octanol–water partition coefficient (Wildman–Crippen LogP) is 4.29. The molecule has 0 atom stereocenters. The van der Waals surface area contributed by atoms with Crippen molar-refractivity contribution in [3.8, 4) is 11.3 Å². The van der Waals surface area contributed by atoms with Crippen LogP contribution in [0.4, 0.5) is 5.69 Å². The van der Waals surface area contributed by atoms with Crippen molar-refractivity contribution in [2.24, 2.45) is 0 Å². The van der Waals surface area contributed by atoms with Crippen LogP contribution in [0.3, 0.4) is 0 Å². The van der Waals surface area contributed by atoms with Gasteiger partial charge in [0, 0.05) is 35.6 Å². The number of thiazole rings is 1. The Balaban J connectivity index is 1.29. The summed E-state index contributed by atoms with van der Waals surface area (Å²) < 4.78 is 2.16. The molecule has 0 N–H and O–H groups in total. The fraction of sp³-hybridized carbons (Fsp3) is 0.429. The molecule has 1 saturated carbocycles. The van der Waals surface area contributed by atoms with Crippen molar-refractivity contribution >= 4 is 34.7 Å². The number of carbonyl (C=O) groups is 1. The number of anilines is 1. The minimum atomic E-state index is 0.129. The monoisotopic (exact) mass is 425 g/mol. The van der Waals surface area contributed by atoms with Gasteiger partial charge in [0.25, 0.3) is 0 Å². The minimum absolute atomic E-state index is 0.129. The third-order valence-corrected chi connectivity index (χ3v) is 7.24. The molecule has 29 heavy (non-hydrogen) atoms. The molecule has 0 unspecified atom stereocenters. The zero-order valence-corrected chi connectivity index (χ0v) is 18.2. The minimum Gasteiger partial charge on any atom is -0.311 e. The summed E-state index contributed by atoms with van der Waals surface area (Å²) >= 11 is 3.16. The Bertz CT molecular complexity index is 1070. The van der Waals surface area contributed by atoms with Crippen LogP contribution in [0.5, 0.6) is 0 Å². The number of thioether (sulfide) groups is 1. The third kappa shape index (κ3) is 3.59. The lowest BCUT2D eigenvalue weighted by molar-refractivity contribution is -0.116. The Labute approximate surface area is 178 Å². The van der Waals surface area contributed by atoms with Crippen LogP contribution in [-0.4, -0.2) is 38.0 Å². The number of hydrogen-bond acceptors (Lipinski definition) is 6. The van der Waals surface area contributed by atoms with Crippen molar-refractivity contribution in [3.05, 3.63) is 40.0 Å². The summed E-state index contributed by atoms with van der Waals surface area (Å²) in [5, 5.41) is 12.7. The Kier molecular flexibility index (Phi) is 4.91. The number of rotatable bonds is 6. The van der Waals surface area contributed by atoms with Crippen LogP contribution in [0, 0.1) is 6.92 Å². The highest BCUT2D eigenvalue weighted by Gasteiger charge is 2.30. The Hall–Kier alpha value is -2.19. The van der Waals surface area contributed by atoms with E-state index in [0.717, 1.165) is 52.4 Å². The van der Waals surface area contributed by atoms with Crippen molar-refractivity contribution in [2.75, 3.05) is 17.2 Å². The highest BCUT2D eigenvalue weighted by molar-refractivity contribution is 7.99. The Morgan fingerprint density at radius 3 is 2.90 bits per heavy atom. The molecule has 6 nitrogen and oxygen atoms in total. The van der Waals surface area contributed by atoms with Gasteiger partial charge in [-0.05, 0) is 50.8 Å². The van der Waals surface area contributed by atoms with Gasteiger partial charge in [-0.2, -0.15) is 0 Å². The number of fused-ring (bicyclic) bond motifs is 1. The first-order chi connectivity index (χ1) is 14.1. The van der Waals surface area contributed by atoms with Gasteiger partial charge in [0.1, 0.15) is 5.82 Å². The number of benzene rings is 1. The first kappa shape index (κ1) is 18.8. The molecule has 0 bridgehead atoms. The second-order valence-electron chi connectivity index (χ2n) is 7.54. The maximum absolute atomic E-state index is 12.9. The first-order valence-electron chi connectivity index (χ1n) is 10.1. The standard InChI is InChI=1S/C21H23N5OS2/c1-3-25-20(14-4-5-14)23-24-21(25)29-12-19(27)26-9-8-16-10-15(6-7-18(16)26)17-11-28-13(2)22-17/h6-7,10-11,14H,3-5,8-9,12H2,1-2H3. The fourth-order valence-corrected chi connectivity index (χ4v) is 5.38. The van der Waals surface area contributed by atoms with Gasteiger partial charge in [-0.1, -0.05) is 17.8 Å². The number of nitrogens with zero attached hydrogens (tertiary/aromatic N) is 5. The molecule has 150 valence electrons. The average molecular weight is 426 g/mol. The van der Waals surface area contributed by atoms with Crippen LogP contribution < -0.4 is 4.90 Å². The van der Waals surface area contributed by atoms with Crippen LogP contribution in [0.1, 0.15) is 42.1 Å². The van der Waals surface area contributed by atoms with Gasteiger partial charge >= 0.3 is 0 Å². The van der Waals surface area contributed by atoms with E-state index < -0.39 is 0 Å². The molecular weight excluding hydrogens is 402 g/mol. The topological polar surface area (TPSA) is 63.9 Å². The summed E-state index contributed by atoms with van der Waals surface area (Å²) in [7, 11) is 0. The van der Waals surface area contributed by atoms with Crippen molar-refractivity contribution in [1.29, 1.82) is 0 Å². The van der Waals surface area contributed by atoms with Gasteiger partial charge < -0.3 is 9.47 Å². The molecule has 0 radical (unpaired) electrons. The van der Waals surface area contributed by atoms with Gasteiger partial charge in [0.15, 0.2) is 5.16 Å². The van der Waals surface area contributed by atoms with Gasteiger partial charge in [-0.3, -0.25) is 4.79 Å². The Morgan fingerprint density at radius 2 is 2.17 bits per heavy atom. The lowest BCUT2D eigenvalue weighted by Crippen LogP contribution is -2.30. The molecule has 1 amide bonds. The molecule has 1 aromatic carbocycles. The molecule has 1 aliphatic carbocycles.